The monoisotopic (exact) mass is 348 g/mol. The van der Waals surface area contributed by atoms with E-state index in [1.807, 2.05) is 11.8 Å². The van der Waals surface area contributed by atoms with E-state index in [1.54, 1.807) is 11.1 Å². The van der Waals surface area contributed by atoms with Gasteiger partial charge in [-0.05, 0) is 61.7 Å². The highest BCUT2D eigenvalue weighted by molar-refractivity contribution is 7.98. The lowest BCUT2D eigenvalue weighted by atomic mass is 9.79. The molecule has 0 aromatic heterocycles. The molecule has 1 heterocycles. The summed E-state index contributed by atoms with van der Waals surface area (Å²) in [6, 6.07) is 7.78. The van der Waals surface area contributed by atoms with Crippen LogP contribution in [-0.2, 0) is 12.8 Å². The van der Waals surface area contributed by atoms with Gasteiger partial charge in [0, 0.05) is 30.6 Å². The first-order chi connectivity index (χ1) is 9.28. The molecule has 5 heteroatoms. The SMILES string of the molecule is CSc1ccc2c(c1)CCC(C1CNCCN1C)C2.Cl.Cl. The number of nitrogens with one attached hydrogen (secondary N) is 1. The molecule has 0 radical (unpaired) electrons. The number of likely N-dealkylation sites (N-methyl/N-ethyl adjacent to an activating group) is 1. The molecule has 2 aliphatic rings. The Morgan fingerprint density at radius 2 is 2.05 bits per heavy atom. The Kier molecular flexibility index (Phi) is 7.86. The standard InChI is InChI=1S/C16H24N2S.2ClH/c1-18-8-7-17-11-16(18)14-4-3-13-10-15(19-2)6-5-12(13)9-14;;/h5-6,10,14,16-17H,3-4,7-9,11H2,1-2H3;2*1H. The number of hydrogen-bond acceptors (Lipinski definition) is 3. The highest BCUT2D eigenvalue weighted by Crippen LogP contribution is 2.31. The molecule has 1 aromatic carbocycles. The normalized spacial score (nSPS) is 25.4. The van der Waals surface area contributed by atoms with Crippen molar-refractivity contribution >= 4 is 36.6 Å². The van der Waals surface area contributed by atoms with Crippen molar-refractivity contribution in [2.45, 2.75) is 30.2 Å². The molecule has 1 aliphatic heterocycles. The van der Waals surface area contributed by atoms with Crippen LogP contribution in [0.2, 0.25) is 0 Å². The molecular formula is C16H26Cl2N2S. The van der Waals surface area contributed by atoms with Gasteiger partial charge in [-0.3, -0.25) is 0 Å². The van der Waals surface area contributed by atoms with Crippen LogP contribution in [0.25, 0.3) is 0 Å². The lowest BCUT2D eigenvalue weighted by molar-refractivity contribution is 0.133. The average molecular weight is 349 g/mol. The zero-order valence-corrected chi connectivity index (χ0v) is 15.3. The Labute approximate surface area is 145 Å². The van der Waals surface area contributed by atoms with Crippen LogP contribution in [0.3, 0.4) is 0 Å². The summed E-state index contributed by atoms with van der Waals surface area (Å²) in [4.78, 5) is 3.97. The van der Waals surface area contributed by atoms with E-state index in [9.17, 15) is 0 Å². The van der Waals surface area contributed by atoms with Gasteiger partial charge in [0.2, 0.25) is 0 Å². The van der Waals surface area contributed by atoms with Gasteiger partial charge >= 0.3 is 0 Å². The Morgan fingerprint density at radius 1 is 1.24 bits per heavy atom. The van der Waals surface area contributed by atoms with E-state index < -0.39 is 0 Å². The largest absolute Gasteiger partial charge is 0.314 e. The first-order valence-electron chi connectivity index (χ1n) is 7.34. The zero-order valence-electron chi connectivity index (χ0n) is 12.8. The maximum absolute atomic E-state index is 3.56. The molecule has 2 atom stereocenters. The van der Waals surface area contributed by atoms with Crippen molar-refractivity contribution in [3.63, 3.8) is 0 Å². The summed E-state index contributed by atoms with van der Waals surface area (Å²) in [6.45, 7) is 3.51. The van der Waals surface area contributed by atoms with Crippen LogP contribution in [0.4, 0.5) is 0 Å². The fourth-order valence-corrected chi connectivity index (χ4v) is 4.03. The predicted octanol–water partition coefficient (Wildman–Crippen LogP) is 3.26. The van der Waals surface area contributed by atoms with Gasteiger partial charge in [-0.1, -0.05) is 6.07 Å². The molecule has 1 N–H and O–H groups in total. The van der Waals surface area contributed by atoms with E-state index in [1.165, 1.54) is 37.2 Å². The number of aryl methyl sites for hydroxylation is 1. The van der Waals surface area contributed by atoms with Gasteiger partial charge < -0.3 is 10.2 Å². The van der Waals surface area contributed by atoms with E-state index in [2.05, 4.69) is 41.7 Å². The molecule has 1 aliphatic carbocycles. The molecule has 3 rings (SSSR count). The van der Waals surface area contributed by atoms with Gasteiger partial charge in [-0.15, -0.1) is 36.6 Å². The third-order valence-corrected chi connectivity index (χ3v) is 5.51. The van der Waals surface area contributed by atoms with E-state index in [0.717, 1.165) is 18.5 Å². The van der Waals surface area contributed by atoms with E-state index in [0.29, 0.717) is 0 Å². The van der Waals surface area contributed by atoms with Crippen molar-refractivity contribution < 1.29 is 0 Å². The summed E-state index contributed by atoms with van der Waals surface area (Å²) < 4.78 is 0. The first-order valence-corrected chi connectivity index (χ1v) is 8.57. The van der Waals surface area contributed by atoms with Crippen LogP contribution in [-0.4, -0.2) is 43.9 Å². The highest BCUT2D eigenvalue weighted by atomic mass is 35.5. The van der Waals surface area contributed by atoms with Crippen molar-refractivity contribution in [3.05, 3.63) is 29.3 Å². The molecule has 1 saturated heterocycles. The Hall–Kier alpha value is 0.0700. The van der Waals surface area contributed by atoms with Crippen molar-refractivity contribution in [2.75, 3.05) is 32.9 Å². The van der Waals surface area contributed by atoms with Crippen LogP contribution in [0.5, 0.6) is 0 Å². The summed E-state index contributed by atoms with van der Waals surface area (Å²) in [5.41, 5.74) is 3.18. The van der Waals surface area contributed by atoms with Gasteiger partial charge in [0.05, 0.1) is 0 Å². The van der Waals surface area contributed by atoms with E-state index >= 15 is 0 Å². The van der Waals surface area contributed by atoms with Crippen LogP contribution >= 0.6 is 36.6 Å². The average Bonchev–Trinajstić information content (AvgIpc) is 2.46. The second kappa shape index (κ2) is 8.64. The minimum absolute atomic E-state index is 0. The number of benzene rings is 1. The molecule has 1 aromatic rings. The van der Waals surface area contributed by atoms with Gasteiger partial charge in [0.25, 0.3) is 0 Å². The van der Waals surface area contributed by atoms with Gasteiger partial charge in [0.1, 0.15) is 0 Å². The zero-order chi connectivity index (χ0) is 13.2. The summed E-state index contributed by atoms with van der Waals surface area (Å²) >= 11 is 1.85. The van der Waals surface area contributed by atoms with E-state index in [-0.39, 0.29) is 24.8 Å². The predicted molar refractivity (Wildman–Crippen MR) is 97.5 cm³/mol. The lowest BCUT2D eigenvalue weighted by Gasteiger charge is -2.40. The fourth-order valence-electron chi connectivity index (χ4n) is 3.57. The third kappa shape index (κ3) is 4.29. The molecule has 0 spiro atoms. The number of thioether (sulfide) groups is 1. The van der Waals surface area contributed by atoms with Crippen LogP contribution in [0, 0.1) is 5.92 Å². The minimum atomic E-state index is 0. The fraction of sp³-hybridized carbons (Fsp3) is 0.625. The molecule has 2 unspecified atom stereocenters. The molecule has 21 heavy (non-hydrogen) atoms. The molecule has 120 valence electrons. The van der Waals surface area contributed by atoms with Crippen molar-refractivity contribution in [1.82, 2.24) is 10.2 Å². The quantitative estimate of drug-likeness (QED) is 0.825. The van der Waals surface area contributed by atoms with Crippen LogP contribution in [0.1, 0.15) is 17.5 Å². The second-order valence-corrected chi connectivity index (χ2v) is 6.77. The molecule has 0 saturated carbocycles. The number of hydrogen-bond donors (Lipinski definition) is 1. The number of piperazine rings is 1. The topological polar surface area (TPSA) is 15.3 Å². The van der Waals surface area contributed by atoms with Gasteiger partial charge in [0.15, 0.2) is 0 Å². The maximum atomic E-state index is 3.56. The smallest absolute Gasteiger partial charge is 0.0249 e. The molecule has 2 nitrogen and oxygen atoms in total. The Balaban J connectivity index is 0.00000110. The lowest BCUT2D eigenvalue weighted by Crippen LogP contribution is -2.53. The minimum Gasteiger partial charge on any atom is -0.314 e. The maximum Gasteiger partial charge on any atom is 0.0249 e. The highest BCUT2D eigenvalue weighted by Gasteiger charge is 2.30. The molecule has 0 bridgehead atoms. The number of fused-ring (bicyclic) bond motifs is 1. The van der Waals surface area contributed by atoms with Gasteiger partial charge in [-0.25, -0.2) is 0 Å². The number of halogens is 2. The molecule has 1 fully saturated rings. The summed E-state index contributed by atoms with van der Waals surface area (Å²) in [7, 11) is 2.29. The van der Waals surface area contributed by atoms with Crippen LogP contribution in [0.15, 0.2) is 23.1 Å². The number of nitrogens with zero attached hydrogens (tertiary/aromatic N) is 1. The molecular weight excluding hydrogens is 323 g/mol. The third-order valence-electron chi connectivity index (χ3n) is 4.79. The van der Waals surface area contributed by atoms with Crippen molar-refractivity contribution in [1.29, 1.82) is 0 Å². The van der Waals surface area contributed by atoms with Crippen molar-refractivity contribution in [3.8, 4) is 0 Å². The second-order valence-electron chi connectivity index (χ2n) is 5.89. The summed E-state index contributed by atoms with van der Waals surface area (Å²) in [6.07, 6.45) is 6.04. The number of rotatable bonds is 2. The molecule has 0 amide bonds. The summed E-state index contributed by atoms with van der Waals surface area (Å²) in [5, 5.41) is 3.56. The van der Waals surface area contributed by atoms with Crippen molar-refractivity contribution in [2.24, 2.45) is 5.92 Å². The van der Waals surface area contributed by atoms with Gasteiger partial charge in [-0.2, -0.15) is 0 Å². The first kappa shape index (κ1) is 19.1. The summed E-state index contributed by atoms with van der Waals surface area (Å²) in [5.74, 6) is 0.824. The Bertz CT molecular complexity index is 456. The Morgan fingerprint density at radius 3 is 2.76 bits per heavy atom. The van der Waals surface area contributed by atoms with E-state index in [4.69, 9.17) is 0 Å². The van der Waals surface area contributed by atoms with Crippen LogP contribution < -0.4 is 5.32 Å².